The minimum atomic E-state index is 0.655. The van der Waals surface area contributed by atoms with Crippen LogP contribution in [-0.2, 0) is 6.42 Å². The number of pyridine rings is 1. The van der Waals surface area contributed by atoms with Crippen LogP contribution in [0.4, 0.5) is 0 Å². The molecule has 3 nitrogen and oxygen atoms in total. The molecule has 0 bridgehead atoms. The van der Waals surface area contributed by atoms with Gasteiger partial charge in [-0.1, -0.05) is 13.5 Å². The van der Waals surface area contributed by atoms with Crippen LogP contribution in [-0.4, -0.2) is 12.0 Å². The van der Waals surface area contributed by atoms with Crippen LogP contribution in [0.3, 0.4) is 0 Å². The molecular weight excluding hydrogens is 186 g/mol. The summed E-state index contributed by atoms with van der Waals surface area (Å²) in [4.78, 5) is 3.89. The molecule has 0 saturated heterocycles. The van der Waals surface area contributed by atoms with Gasteiger partial charge >= 0.3 is 0 Å². The molecule has 0 fully saturated rings. The normalized spacial score (nSPS) is 9.87. The lowest BCUT2D eigenvalue weighted by atomic mass is 10.2. The van der Waals surface area contributed by atoms with Crippen molar-refractivity contribution >= 4 is 0 Å². The molecule has 1 aromatic rings. The van der Waals surface area contributed by atoms with Gasteiger partial charge in [0.2, 0.25) is 0 Å². The van der Waals surface area contributed by atoms with Crippen molar-refractivity contribution in [2.45, 2.75) is 13.3 Å². The summed E-state index contributed by atoms with van der Waals surface area (Å²) in [6, 6.07) is 4.06. The molecule has 15 heavy (non-hydrogen) atoms. The van der Waals surface area contributed by atoms with Crippen molar-refractivity contribution in [1.82, 2.24) is 10.3 Å². The first-order chi connectivity index (χ1) is 7.24. The average molecular weight is 205 g/mol. The number of rotatable bonds is 3. The lowest BCUT2D eigenvalue weighted by Gasteiger charge is -1.89. The van der Waals surface area contributed by atoms with E-state index in [2.05, 4.69) is 23.8 Å². The summed E-state index contributed by atoms with van der Waals surface area (Å²) in [5, 5.41) is 2.76. The molecule has 0 spiro atoms. The van der Waals surface area contributed by atoms with Crippen molar-refractivity contribution in [2.24, 2.45) is 5.73 Å². The maximum Gasteiger partial charge on any atom is 0.0467 e. The summed E-state index contributed by atoms with van der Waals surface area (Å²) in [5.74, 6) is 0. The van der Waals surface area contributed by atoms with E-state index in [9.17, 15) is 0 Å². The monoisotopic (exact) mass is 205 g/mol. The minimum Gasteiger partial charge on any atom is -0.398 e. The van der Waals surface area contributed by atoms with Gasteiger partial charge in [-0.2, -0.15) is 0 Å². The molecule has 0 aliphatic heterocycles. The zero-order valence-corrected chi connectivity index (χ0v) is 9.40. The van der Waals surface area contributed by atoms with Crippen molar-refractivity contribution in [3.63, 3.8) is 0 Å². The van der Waals surface area contributed by atoms with E-state index in [-0.39, 0.29) is 0 Å². The van der Waals surface area contributed by atoms with E-state index in [0.717, 1.165) is 6.42 Å². The largest absolute Gasteiger partial charge is 0.398 e. The SMILES string of the molecule is C=C/C(N)=C\NC.CCc1ccncc1. The number of nitrogens with zero attached hydrogens (tertiary/aromatic N) is 1. The number of aromatic nitrogens is 1. The van der Waals surface area contributed by atoms with E-state index in [1.54, 1.807) is 19.3 Å². The third kappa shape index (κ3) is 7.31. The number of hydrogen-bond donors (Lipinski definition) is 2. The molecule has 0 unspecified atom stereocenters. The molecule has 0 radical (unpaired) electrons. The van der Waals surface area contributed by atoms with Crippen LogP contribution in [0.5, 0.6) is 0 Å². The maximum atomic E-state index is 5.26. The molecule has 3 heteroatoms. The summed E-state index contributed by atoms with van der Waals surface area (Å²) >= 11 is 0. The molecule has 0 aliphatic carbocycles. The molecule has 1 aromatic heterocycles. The van der Waals surface area contributed by atoms with E-state index in [0.29, 0.717) is 5.70 Å². The Morgan fingerprint density at radius 2 is 2.13 bits per heavy atom. The first-order valence-electron chi connectivity index (χ1n) is 4.88. The third-order valence-electron chi connectivity index (χ3n) is 1.70. The molecule has 0 saturated carbocycles. The van der Waals surface area contributed by atoms with Gasteiger partial charge in [-0.15, -0.1) is 0 Å². The van der Waals surface area contributed by atoms with E-state index >= 15 is 0 Å². The van der Waals surface area contributed by atoms with Crippen LogP contribution in [0.1, 0.15) is 12.5 Å². The summed E-state index contributed by atoms with van der Waals surface area (Å²) in [6.45, 7) is 5.58. The van der Waals surface area contributed by atoms with E-state index in [1.807, 2.05) is 24.5 Å². The molecular formula is C12H19N3. The highest BCUT2D eigenvalue weighted by Crippen LogP contribution is 1.94. The van der Waals surface area contributed by atoms with Gasteiger partial charge in [0.05, 0.1) is 0 Å². The van der Waals surface area contributed by atoms with Crippen molar-refractivity contribution in [3.05, 3.63) is 54.6 Å². The Kier molecular flexibility index (Phi) is 7.77. The van der Waals surface area contributed by atoms with Gasteiger partial charge in [0.1, 0.15) is 0 Å². The zero-order valence-electron chi connectivity index (χ0n) is 9.40. The number of allylic oxidation sites excluding steroid dienone is 1. The smallest absolute Gasteiger partial charge is 0.0467 e. The van der Waals surface area contributed by atoms with E-state index in [4.69, 9.17) is 5.73 Å². The molecule has 0 amide bonds. The Hall–Kier alpha value is -1.77. The van der Waals surface area contributed by atoms with Crippen molar-refractivity contribution in [2.75, 3.05) is 7.05 Å². The van der Waals surface area contributed by atoms with Gasteiger partial charge in [0.25, 0.3) is 0 Å². The van der Waals surface area contributed by atoms with Crippen LogP contribution in [0.25, 0.3) is 0 Å². The Morgan fingerprint density at radius 1 is 1.53 bits per heavy atom. The van der Waals surface area contributed by atoms with Crippen LogP contribution in [0.2, 0.25) is 0 Å². The number of nitrogens with two attached hydrogens (primary N) is 1. The van der Waals surface area contributed by atoms with Gasteiger partial charge in [-0.3, -0.25) is 4.98 Å². The quantitative estimate of drug-likeness (QED) is 0.740. The van der Waals surface area contributed by atoms with E-state index in [1.165, 1.54) is 5.56 Å². The Morgan fingerprint density at radius 3 is 2.40 bits per heavy atom. The van der Waals surface area contributed by atoms with Gasteiger partial charge in [0.15, 0.2) is 0 Å². The molecule has 0 atom stereocenters. The Balaban J connectivity index is 0.000000265. The maximum absolute atomic E-state index is 5.26. The predicted octanol–water partition coefficient (Wildman–Crippen LogP) is 1.84. The molecule has 0 aliphatic rings. The molecule has 0 aromatic carbocycles. The fourth-order valence-electron chi connectivity index (χ4n) is 0.844. The molecule has 82 valence electrons. The summed E-state index contributed by atoms with van der Waals surface area (Å²) in [7, 11) is 1.79. The first-order valence-corrected chi connectivity index (χ1v) is 4.88. The Bertz CT molecular complexity index is 291. The summed E-state index contributed by atoms with van der Waals surface area (Å²) in [5.41, 5.74) is 7.27. The lowest BCUT2D eigenvalue weighted by Crippen LogP contribution is -2.00. The fourth-order valence-corrected chi connectivity index (χ4v) is 0.844. The highest BCUT2D eigenvalue weighted by Gasteiger charge is 1.80. The topological polar surface area (TPSA) is 50.9 Å². The zero-order chi connectivity index (χ0) is 11.5. The first kappa shape index (κ1) is 13.2. The van der Waals surface area contributed by atoms with Crippen molar-refractivity contribution in [3.8, 4) is 0 Å². The van der Waals surface area contributed by atoms with Crippen molar-refractivity contribution in [1.29, 1.82) is 0 Å². The Labute approximate surface area is 91.7 Å². The second kappa shape index (κ2) is 8.81. The van der Waals surface area contributed by atoms with Crippen LogP contribution in [0.15, 0.2) is 49.1 Å². The minimum absolute atomic E-state index is 0.655. The second-order valence-corrected chi connectivity index (χ2v) is 2.85. The van der Waals surface area contributed by atoms with E-state index < -0.39 is 0 Å². The van der Waals surface area contributed by atoms with Gasteiger partial charge in [-0.25, -0.2) is 0 Å². The average Bonchev–Trinajstić information content (AvgIpc) is 2.31. The van der Waals surface area contributed by atoms with Gasteiger partial charge in [0, 0.05) is 31.3 Å². The van der Waals surface area contributed by atoms with Gasteiger partial charge < -0.3 is 11.1 Å². The highest BCUT2D eigenvalue weighted by atomic mass is 14.8. The van der Waals surface area contributed by atoms with Crippen LogP contribution >= 0.6 is 0 Å². The highest BCUT2D eigenvalue weighted by molar-refractivity contribution is 5.09. The molecule has 1 rings (SSSR count). The van der Waals surface area contributed by atoms with Crippen LogP contribution in [0, 0.1) is 0 Å². The predicted molar refractivity (Wildman–Crippen MR) is 65.1 cm³/mol. The number of nitrogens with one attached hydrogen (secondary N) is 1. The van der Waals surface area contributed by atoms with Crippen LogP contribution < -0.4 is 11.1 Å². The number of hydrogen-bond acceptors (Lipinski definition) is 3. The summed E-state index contributed by atoms with van der Waals surface area (Å²) < 4.78 is 0. The molecule has 1 heterocycles. The fraction of sp³-hybridized carbons (Fsp3) is 0.250. The third-order valence-corrected chi connectivity index (χ3v) is 1.70. The van der Waals surface area contributed by atoms with Gasteiger partial charge in [-0.05, 0) is 30.2 Å². The summed E-state index contributed by atoms with van der Waals surface area (Å²) in [6.07, 6.45) is 7.99. The lowest BCUT2D eigenvalue weighted by molar-refractivity contribution is 1.08. The molecule has 3 N–H and O–H groups in total. The second-order valence-electron chi connectivity index (χ2n) is 2.85. The standard InChI is InChI=1S/C7H9N.C5H10N2/c1-2-7-3-5-8-6-4-7;1-3-5(6)4-7-2/h3-6H,2H2,1H3;3-4,7H,1,6H2,2H3/b;5-4+. The van der Waals surface area contributed by atoms with Crippen molar-refractivity contribution < 1.29 is 0 Å². The number of aryl methyl sites for hydroxylation is 1.